The van der Waals surface area contributed by atoms with Crippen LogP contribution in [-0.4, -0.2) is 0 Å². The summed E-state index contributed by atoms with van der Waals surface area (Å²) in [5.41, 5.74) is 0. The Morgan fingerprint density at radius 3 is 1.17 bits per heavy atom. The topological polar surface area (TPSA) is 0 Å². The molecule has 0 unspecified atom stereocenters. The molecule has 0 fully saturated rings. The fraction of sp³-hybridized carbons (Fsp3) is 0. The van der Waals surface area contributed by atoms with Crippen LogP contribution in [0.25, 0.3) is 0 Å². The van der Waals surface area contributed by atoms with Crippen LogP contribution in [0.5, 0.6) is 0 Å². The average molecular weight is 368 g/mol. The third-order valence-corrected chi connectivity index (χ3v) is 0. The molecule has 0 aliphatic rings. The van der Waals surface area contributed by atoms with E-state index in [9.17, 15) is 0 Å². The van der Waals surface area contributed by atoms with Gasteiger partial charge in [-0.1, -0.05) is 0 Å². The molecule has 0 aliphatic carbocycles. The quantitative estimate of drug-likeness (QED) is 0.374. The van der Waals surface area contributed by atoms with Crippen LogP contribution in [0.3, 0.4) is 0 Å². The minimum absolute atomic E-state index is 0. The molecular formula is H2CuFeKNaNbZr. The van der Waals surface area contributed by atoms with E-state index in [4.69, 9.17) is 0 Å². The molecule has 6 heavy (non-hydrogen) atoms. The Morgan fingerprint density at radius 1 is 1.17 bits per heavy atom. The van der Waals surface area contributed by atoms with Gasteiger partial charge in [-0.05, 0) is 0 Å². The standard InChI is InChI=1S/Cu.Fe.K.Na.Nb.Zr.2H/q;;2*+1;;;2*-1. The van der Waals surface area contributed by atoms with Crippen molar-refractivity contribution in [2.45, 2.75) is 0 Å². The molecule has 0 spiro atoms. The fourth-order valence-corrected chi connectivity index (χ4v) is 0. The zero-order valence-corrected chi connectivity index (χ0v) is 15.4. The molecule has 0 bridgehead atoms. The van der Waals surface area contributed by atoms with Gasteiger partial charge in [0.1, 0.15) is 0 Å². The molecule has 32 valence electrons. The Hall–Kier alpha value is 5.30. The van der Waals surface area contributed by atoms with Crippen molar-refractivity contribution in [2.24, 2.45) is 0 Å². The van der Waals surface area contributed by atoms with Crippen LogP contribution in [0.15, 0.2) is 0 Å². The second-order valence-electron chi connectivity index (χ2n) is 0. The summed E-state index contributed by atoms with van der Waals surface area (Å²) in [5, 5.41) is 0. The SMILES string of the molecule is [Cu].[Fe].[H-].[H-].[K+].[Na+].[Nb].[Zr]. The van der Waals surface area contributed by atoms with Crippen LogP contribution in [0.4, 0.5) is 0 Å². The Labute approximate surface area is 162 Å². The van der Waals surface area contributed by atoms with Gasteiger partial charge in [0.25, 0.3) is 0 Å². The second kappa shape index (κ2) is 31.7. The van der Waals surface area contributed by atoms with Gasteiger partial charge in [-0.3, -0.25) is 0 Å². The Morgan fingerprint density at radius 2 is 1.17 bits per heavy atom. The fourth-order valence-electron chi connectivity index (χ4n) is 0. The molecule has 0 heterocycles. The summed E-state index contributed by atoms with van der Waals surface area (Å²) in [4.78, 5) is 0. The zero-order chi connectivity index (χ0) is 0. The molecule has 6 heteroatoms. The van der Waals surface area contributed by atoms with Crippen LogP contribution >= 0.6 is 0 Å². The van der Waals surface area contributed by atoms with Crippen molar-refractivity contribution in [1.29, 1.82) is 0 Å². The van der Waals surface area contributed by atoms with Gasteiger partial charge >= 0.3 is 80.9 Å². The minimum Gasteiger partial charge on any atom is -1.00 e. The van der Waals surface area contributed by atoms with Gasteiger partial charge in [0, 0.05) is 82.7 Å². The molecular weight excluding hydrogens is 366 g/mol. The van der Waals surface area contributed by atoms with Gasteiger partial charge < -0.3 is 2.85 Å². The molecule has 0 aromatic rings. The summed E-state index contributed by atoms with van der Waals surface area (Å²) >= 11 is 0. The monoisotopic (exact) mass is 366 g/mol. The molecule has 0 amide bonds. The molecule has 0 saturated heterocycles. The second-order valence-corrected chi connectivity index (χ2v) is 0. The maximum atomic E-state index is 0. The smallest absolute Gasteiger partial charge is 1.00 e. The van der Waals surface area contributed by atoms with E-state index in [0.717, 1.165) is 0 Å². The summed E-state index contributed by atoms with van der Waals surface area (Å²) in [6.45, 7) is 0. The Balaban J connectivity index is 0. The zero-order valence-electron chi connectivity index (χ0n) is 5.60. The molecule has 0 aromatic heterocycles. The van der Waals surface area contributed by atoms with E-state index in [1.54, 1.807) is 0 Å². The number of hydrogen-bond donors (Lipinski definition) is 0. The summed E-state index contributed by atoms with van der Waals surface area (Å²) in [6.07, 6.45) is 0. The first-order chi connectivity index (χ1) is 0. The number of rotatable bonds is 0. The summed E-state index contributed by atoms with van der Waals surface area (Å²) < 4.78 is 0. The molecule has 0 nitrogen and oxygen atoms in total. The molecule has 0 atom stereocenters. The molecule has 2 radical (unpaired) electrons. The minimum atomic E-state index is 0. The third-order valence-electron chi connectivity index (χ3n) is 0. The first-order valence-electron chi connectivity index (χ1n) is 0. The van der Waals surface area contributed by atoms with E-state index < -0.39 is 0 Å². The van der Waals surface area contributed by atoms with Crippen molar-refractivity contribution in [3.63, 3.8) is 0 Å². The molecule has 0 rings (SSSR count). The van der Waals surface area contributed by atoms with Crippen LogP contribution in [-0.2, 0) is 82.7 Å². The van der Waals surface area contributed by atoms with Gasteiger partial charge in [0.2, 0.25) is 0 Å². The first-order valence-corrected chi connectivity index (χ1v) is 0. The molecule has 0 N–H and O–H groups in total. The van der Waals surface area contributed by atoms with Crippen molar-refractivity contribution in [1.82, 2.24) is 0 Å². The Bertz CT molecular complexity index is 22.0. The summed E-state index contributed by atoms with van der Waals surface area (Å²) in [7, 11) is 0. The van der Waals surface area contributed by atoms with Gasteiger partial charge in [-0.2, -0.15) is 0 Å². The van der Waals surface area contributed by atoms with Crippen LogP contribution in [0.1, 0.15) is 2.85 Å². The maximum Gasteiger partial charge on any atom is 1.00 e. The van der Waals surface area contributed by atoms with Gasteiger partial charge in [0.15, 0.2) is 0 Å². The van der Waals surface area contributed by atoms with Crippen LogP contribution < -0.4 is 80.9 Å². The van der Waals surface area contributed by atoms with E-state index in [1.807, 2.05) is 0 Å². The predicted octanol–water partition coefficient (Wildman–Crippen LogP) is -5.78. The van der Waals surface area contributed by atoms with Crippen molar-refractivity contribution >= 4 is 0 Å². The number of hydrogen-bond acceptors (Lipinski definition) is 0. The molecule has 0 saturated carbocycles. The maximum absolute atomic E-state index is 0. The van der Waals surface area contributed by atoms with E-state index in [2.05, 4.69) is 0 Å². The van der Waals surface area contributed by atoms with E-state index >= 15 is 0 Å². The van der Waals surface area contributed by atoms with E-state index in [-0.39, 0.29) is 167 Å². The normalized spacial score (nSPS) is 0. The van der Waals surface area contributed by atoms with Crippen molar-refractivity contribution in [3.05, 3.63) is 0 Å². The Kier molecular flexibility index (Phi) is 226. The average Bonchev–Trinajstić information content (AvgIpc) is 0. The van der Waals surface area contributed by atoms with Gasteiger partial charge in [0.05, 0.1) is 0 Å². The van der Waals surface area contributed by atoms with Crippen molar-refractivity contribution < 1.29 is 167 Å². The molecule has 0 aliphatic heterocycles. The largest absolute Gasteiger partial charge is 1.00 e. The van der Waals surface area contributed by atoms with Crippen LogP contribution in [0, 0.1) is 0 Å². The predicted molar refractivity (Wildman–Crippen MR) is 2.22 cm³/mol. The van der Waals surface area contributed by atoms with Gasteiger partial charge in [-0.25, -0.2) is 0 Å². The first kappa shape index (κ1) is 42.7. The van der Waals surface area contributed by atoms with Crippen molar-refractivity contribution in [3.8, 4) is 0 Å². The van der Waals surface area contributed by atoms with E-state index in [0.29, 0.717) is 0 Å². The summed E-state index contributed by atoms with van der Waals surface area (Å²) in [6, 6.07) is 0. The van der Waals surface area contributed by atoms with Crippen molar-refractivity contribution in [2.75, 3.05) is 0 Å². The van der Waals surface area contributed by atoms with Crippen LogP contribution in [0.2, 0.25) is 0 Å². The van der Waals surface area contributed by atoms with E-state index in [1.165, 1.54) is 0 Å². The third kappa shape index (κ3) is 22.8. The van der Waals surface area contributed by atoms with Gasteiger partial charge in [-0.15, -0.1) is 0 Å². The summed E-state index contributed by atoms with van der Waals surface area (Å²) in [5.74, 6) is 0. The molecule has 0 aromatic carbocycles.